The Morgan fingerprint density at radius 3 is 2.03 bits per heavy atom. The molecule has 0 radical (unpaired) electrons. The molecule has 0 aliphatic carbocycles. The Morgan fingerprint density at radius 2 is 1.48 bits per heavy atom. The van der Waals surface area contributed by atoms with Crippen molar-refractivity contribution in [3.05, 3.63) is 71.8 Å². The molecule has 0 aliphatic rings. The number of alkyl carbamates (subject to hydrolysis) is 1. The van der Waals surface area contributed by atoms with Crippen LogP contribution in [0.25, 0.3) is 0 Å². The minimum Gasteiger partial charge on any atom is -0.480 e. The van der Waals surface area contributed by atoms with Crippen molar-refractivity contribution in [2.75, 3.05) is 0 Å². The van der Waals surface area contributed by atoms with Gasteiger partial charge in [-0.3, -0.25) is 4.79 Å². The van der Waals surface area contributed by atoms with Gasteiger partial charge in [-0.1, -0.05) is 74.0 Å². The molecular formula is C22H26N2O5. The van der Waals surface area contributed by atoms with Gasteiger partial charge in [0.25, 0.3) is 0 Å². The van der Waals surface area contributed by atoms with Crippen LogP contribution < -0.4 is 10.6 Å². The zero-order valence-corrected chi connectivity index (χ0v) is 16.3. The summed E-state index contributed by atoms with van der Waals surface area (Å²) >= 11 is 0. The van der Waals surface area contributed by atoms with Gasteiger partial charge in [-0.05, 0) is 17.5 Å². The van der Waals surface area contributed by atoms with Crippen molar-refractivity contribution in [3.8, 4) is 0 Å². The maximum Gasteiger partial charge on any atom is 0.408 e. The molecular weight excluding hydrogens is 372 g/mol. The second-order valence-corrected chi connectivity index (χ2v) is 6.64. The number of carbonyl (C=O) groups excluding carboxylic acids is 2. The SMILES string of the molecule is CCC[C@H](NC(=O)[C@H](Cc1ccccc1)NC(=O)OCc1ccccc1)C(=O)O. The third-order valence-electron chi connectivity index (χ3n) is 4.30. The van der Waals surface area contributed by atoms with Gasteiger partial charge in [0.2, 0.25) is 5.91 Å². The summed E-state index contributed by atoms with van der Waals surface area (Å²) in [5.74, 6) is -1.67. The summed E-state index contributed by atoms with van der Waals surface area (Å²) in [6.07, 6.45) is 0.378. The van der Waals surface area contributed by atoms with E-state index >= 15 is 0 Å². The van der Waals surface area contributed by atoms with E-state index in [9.17, 15) is 19.5 Å². The largest absolute Gasteiger partial charge is 0.480 e. The van der Waals surface area contributed by atoms with Gasteiger partial charge in [0.1, 0.15) is 18.7 Å². The van der Waals surface area contributed by atoms with Crippen LogP contribution in [0.3, 0.4) is 0 Å². The first kappa shape index (κ1) is 21.9. The highest BCUT2D eigenvalue weighted by molar-refractivity contribution is 5.89. The molecule has 0 bridgehead atoms. The summed E-state index contributed by atoms with van der Waals surface area (Å²) in [6.45, 7) is 1.91. The molecule has 2 rings (SSSR count). The van der Waals surface area contributed by atoms with Gasteiger partial charge >= 0.3 is 12.1 Å². The Kier molecular flexibility index (Phi) is 8.69. The Labute approximate surface area is 170 Å². The van der Waals surface area contributed by atoms with Gasteiger partial charge in [-0.2, -0.15) is 0 Å². The topological polar surface area (TPSA) is 105 Å². The fraction of sp³-hybridized carbons (Fsp3) is 0.318. The lowest BCUT2D eigenvalue weighted by atomic mass is 10.0. The van der Waals surface area contributed by atoms with Crippen LogP contribution in [0.1, 0.15) is 30.9 Å². The number of aliphatic carboxylic acids is 1. The normalized spacial score (nSPS) is 12.4. The van der Waals surface area contributed by atoms with Crippen LogP contribution in [-0.2, 0) is 27.4 Å². The van der Waals surface area contributed by atoms with E-state index < -0.39 is 30.1 Å². The Bertz CT molecular complexity index is 795. The standard InChI is InChI=1S/C22H26N2O5/c1-2-9-18(21(26)27)23-20(25)19(14-16-10-5-3-6-11-16)24-22(28)29-15-17-12-7-4-8-13-17/h3-8,10-13,18-19H,2,9,14-15H2,1H3,(H,23,25)(H,24,28)(H,26,27)/t18-,19-/m0/s1. The van der Waals surface area contributed by atoms with Crippen LogP contribution in [0.2, 0.25) is 0 Å². The third kappa shape index (κ3) is 7.65. The van der Waals surface area contributed by atoms with Crippen molar-refractivity contribution in [2.24, 2.45) is 0 Å². The van der Waals surface area contributed by atoms with Crippen LogP contribution in [0.15, 0.2) is 60.7 Å². The molecule has 154 valence electrons. The summed E-state index contributed by atoms with van der Waals surface area (Å²) < 4.78 is 5.20. The number of hydrogen-bond acceptors (Lipinski definition) is 4. The van der Waals surface area contributed by atoms with Crippen molar-refractivity contribution >= 4 is 18.0 Å². The molecule has 0 aromatic heterocycles. The summed E-state index contributed by atoms with van der Waals surface area (Å²) in [4.78, 5) is 36.3. The van der Waals surface area contributed by atoms with E-state index in [-0.39, 0.29) is 13.0 Å². The third-order valence-corrected chi connectivity index (χ3v) is 4.30. The molecule has 3 N–H and O–H groups in total. The van der Waals surface area contributed by atoms with Gasteiger partial charge in [0.15, 0.2) is 0 Å². The average Bonchev–Trinajstić information content (AvgIpc) is 2.73. The quantitative estimate of drug-likeness (QED) is 0.571. The van der Waals surface area contributed by atoms with Gasteiger partial charge < -0.3 is 20.5 Å². The fourth-order valence-electron chi connectivity index (χ4n) is 2.78. The molecule has 0 saturated heterocycles. The second kappa shape index (κ2) is 11.5. The summed E-state index contributed by atoms with van der Waals surface area (Å²) in [6, 6.07) is 16.4. The second-order valence-electron chi connectivity index (χ2n) is 6.64. The molecule has 0 spiro atoms. The highest BCUT2D eigenvalue weighted by atomic mass is 16.5. The number of amides is 2. The van der Waals surface area contributed by atoms with E-state index in [0.717, 1.165) is 11.1 Å². The number of carboxylic acid groups (broad SMARTS) is 1. The number of benzene rings is 2. The van der Waals surface area contributed by atoms with E-state index in [2.05, 4.69) is 10.6 Å². The monoisotopic (exact) mass is 398 g/mol. The smallest absolute Gasteiger partial charge is 0.408 e. The maximum atomic E-state index is 12.7. The molecule has 0 fully saturated rings. The van der Waals surface area contributed by atoms with Crippen LogP contribution >= 0.6 is 0 Å². The van der Waals surface area contributed by atoms with E-state index in [0.29, 0.717) is 12.8 Å². The summed E-state index contributed by atoms with van der Waals surface area (Å²) in [5.41, 5.74) is 1.65. The van der Waals surface area contributed by atoms with Crippen molar-refractivity contribution in [1.29, 1.82) is 0 Å². The first-order valence-corrected chi connectivity index (χ1v) is 9.54. The number of carbonyl (C=O) groups is 3. The zero-order chi connectivity index (χ0) is 21.1. The van der Waals surface area contributed by atoms with E-state index in [1.54, 1.807) is 0 Å². The molecule has 2 aromatic carbocycles. The maximum absolute atomic E-state index is 12.7. The van der Waals surface area contributed by atoms with Crippen LogP contribution in [0.4, 0.5) is 4.79 Å². The molecule has 0 heterocycles. The van der Waals surface area contributed by atoms with Gasteiger partial charge in [0, 0.05) is 6.42 Å². The van der Waals surface area contributed by atoms with Crippen molar-refractivity contribution in [3.63, 3.8) is 0 Å². The molecule has 2 amide bonds. The molecule has 7 nitrogen and oxygen atoms in total. The Hall–Kier alpha value is -3.35. The average molecular weight is 398 g/mol. The van der Waals surface area contributed by atoms with E-state index in [1.807, 2.05) is 67.6 Å². The van der Waals surface area contributed by atoms with Crippen LogP contribution in [0, 0.1) is 0 Å². The molecule has 0 saturated carbocycles. The number of hydrogen-bond donors (Lipinski definition) is 3. The van der Waals surface area contributed by atoms with E-state index in [1.165, 1.54) is 0 Å². The van der Waals surface area contributed by atoms with E-state index in [4.69, 9.17) is 4.74 Å². The minimum atomic E-state index is -1.11. The first-order chi connectivity index (χ1) is 14.0. The molecule has 0 unspecified atom stereocenters. The number of carboxylic acids is 1. The fourth-order valence-corrected chi connectivity index (χ4v) is 2.78. The van der Waals surface area contributed by atoms with Crippen molar-refractivity contribution in [2.45, 2.75) is 44.9 Å². The van der Waals surface area contributed by atoms with Crippen LogP contribution in [0.5, 0.6) is 0 Å². The highest BCUT2D eigenvalue weighted by Gasteiger charge is 2.26. The molecule has 29 heavy (non-hydrogen) atoms. The lowest BCUT2D eigenvalue weighted by Crippen LogP contribution is -2.52. The minimum absolute atomic E-state index is 0.0694. The predicted octanol–water partition coefficient (Wildman–Crippen LogP) is 2.89. The Morgan fingerprint density at radius 1 is 0.897 bits per heavy atom. The predicted molar refractivity (Wildman–Crippen MR) is 108 cm³/mol. The highest BCUT2D eigenvalue weighted by Crippen LogP contribution is 2.07. The van der Waals surface area contributed by atoms with Crippen LogP contribution in [-0.4, -0.2) is 35.2 Å². The molecule has 2 atom stereocenters. The number of nitrogens with one attached hydrogen (secondary N) is 2. The van der Waals surface area contributed by atoms with Gasteiger partial charge in [0.05, 0.1) is 0 Å². The van der Waals surface area contributed by atoms with Gasteiger partial charge in [-0.25, -0.2) is 9.59 Å². The van der Waals surface area contributed by atoms with Crippen molar-refractivity contribution < 1.29 is 24.2 Å². The lowest BCUT2D eigenvalue weighted by molar-refractivity contribution is -0.142. The molecule has 7 heteroatoms. The lowest BCUT2D eigenvalue weighted by Gasteiger charge is -2.21. The number of rotatable bonds is 10. The molecule has 2 aromatic rings. The summed E-state index contributed by atoms with van der Waals surface area (Å²) in [5, 5.41) is 14.4. The van der Waals surface area contributed by atoms with Crippen molar-refractivity contribution in [1.82, 2.24) is 10.6 Å². The number of ether oxygens (including phenoxy) is 1. The summed E-state index contributed by atoms with van der Waals surface area (Å²) in [7, 11) is 0. The first-order valence-electron chi connectivity index (χ1n) is 9.54. The zero-order valence-electron chi connectivity index (χ0n) is 16.3. The molecule has 0 aliphatic heterocycles. The van der Waals surface area contributed by atoms with Gasteiger partial charge in [-0.15, -0.1) is 0 Å². The Balaban J connectivity index is 2.04.